The molecular formula is C6H5Cl2N3O2. The number of aromatic nitrogens is 1. The van der Waals surface area contributed by atoms with Crippen LogP contribution in [0.15, 0.2) is 6.07 Å². The molecule has 0 aliphatic heterocycles. The Bertz CT molecular complexity index is 356. The Morgan fingerprint density at radius 2 is 2.23 bits per heavy atom. The lowest BCUT2D eigenvalue weighted by Crippen LogP contribution is -2.03. The number of nitrogens with zero attached hydrogens (tertiary/aromatic N) is 2. The van der Waals surface area contributed by atoms with E-state index in [1.54, 1.807) is 0 Å². The van der Waals surface area contributed by atoms with Crippen molar-refractivity contribution in [3.63, 3.8) is 0 Å². The van der Waals surface area contributed by atoms with Gasteiger partial charge in [0.25, 0.3) is 0 Å². The summed E-state index contributed by atoms with van der Waals surface area (Å²) in [6.45, 7) is -0.00171. The lowest BCUT2D eigenvalue weighted by atomic mass is 10.2. The van der Waals surface area contributed by atoms with Gasteiger partial charge < -0.3 is 5.73 Å². The third-order valence-corrected chi connectivity index (χ3v) is 1.86. The largest absolute Gasteiger partial charge is 0.326 e. The quantitative estimate of drug-likeness (QED) is 0.469. The Balaban J connectivity index is 3.38. The van der Waals surface area contributed by atoms with Gasteiger partial charge in [-0.2, -0.15) is 0 Å². The third kappa shape index (κ3) is 2.06. The van der Waals surface area contributed by atoms with Crippen LogP contribution in [0.5, 0.6) is 0 Å². The molecule has 1 rings (SSSR count). The number of halogens is 2. The minimum Gasteiger partial charge on any atom is -0.326 e. The monoisotopic (exact) mass is 221 g/mol. The maximum atomic E-state index is 10.5. The van der Waals surface area contributed by atoms with Crippen molar-refractivity contribution in [3.05, 3.63) is 32.1 Å². The SMILES string of the molecule is NCc1cc(Cl)nc(Cl)c1[N+](=O)[O-]. The highest BCUT2D eigenvalue weighted by atomic mass is 35.5. The van der Waals surface area contributed by atoms with Crippen LogP contribution in [0.2, 0.25) is 10.3 Å². The molecule has 0 atom stereocenters. The first-order valence-corrected chi connectivity index (χ1v) is 4.01. The Morgan fingerprint density at radius 1 is 1.62 bits per heavy atom. The predicted molar refractivity (Wildman–Crippen MR) is 48.8 cm³/mol. The molecule has 0 spiro atoms. The van der Waals surface area contributed by atoms with Crippen LogP contribution in [0.4, 0.5) is 5.69 Å². The molecule has 0 unspecified atom stereocenters. The highest BCUT2D eigenvalue weighted by Crippen LogP contribution is 2.28. The molecule has 1 aromatic heterocycles. The molecule has 0 amide bonds. The van der Waals surface area contributed by atoms with Crippen LogP contribution in [-0.2, 0) is 6.54 Å². The molecule has 5 nitrogen and oxygen atoms in total. The van der Waals surface area contributed by atoms with Gasteiger partial charge in [0.2, 0.25) is 5.15 Å². The van der Waals surface area contributed by atoms with Crippen LogP contribution in [-0.4, -0.2) is 9.91 Å². The molecule has 7 heteroatoms. The van der Waals surface area contributed by atoms with Crippen molar-refractivity contribution in [1.29, 1.82) is 0 Å². The van der Waals surface area contributed by atoms with E-state index in [1.807, 2.05) is 0 Å². The Morgan fingerprint density at radius 3 is 2.69 bits per heavy atom. The van der Waals surface area contributed by atoms with Crippen molar-refractivity contribution in [1.82, 2.24) is 4.98 Å². The van der Waals surface area contributed by atoms with Crippen molar-refractivity contribution < 1.29 is 4.92 Å². The van der Waals surface area contributed by atoms with E-state index in [9.17, 15) is 10.1 Å². The van der Waals surface area contributed by atoms with E-state index in [2.05, 4.69) is 4.98 Å². The Hall–Kier alpha value is -0.910. The van der Waals surface area contributed by atoms with Crippen molar-refractivity contribution >= 4 is 28.9 Å². The Kier molecular flexibility index (Phi) is 3.02. The van der Waals surface area contributed by atoms with Crippen LogP contribution in [0.3, 0.4) is 0 Å². The second-order valence-corrected chi connectivity index (χ2v) is 2.95. The molecule has 13 heavy (non-hydrogen) atoms. The minimum absolute atomic E-state index is 0.00171. The highest BCUT2D eigenvalue weighted by molar-refractivity contribution is 6.33. The van der Waals surface area contributed by atoms with Crippen molar-refractivity contribution in [2.75, 3.05) is 0 Å². The predicted octanol–water partition coefficient (Wildman–Crippen LogP) is 1.76. The molecule has 0 radical (unpaired) electrons. The van der Waals surface area contributed by atoms with E-state index in [0.29, 0.717) is 0 Å². The summed E-state index contributed by atoms with van der Waals surface area (Å²) >= 11 is 11.0. The van der Waals surface area contributed by atoms with Crippen LogP contribution < -0.4 is 5.73 Å². The fourth-order valence-electron chi connectivity index (χ4n) is 0.872. The van der Waals surface area contributed by atoms with Gasteiger partial charge in [0.1, 0.15) is 5.15 Å². The lowest BCUT2D eigenvalue weighted by Gasteiger charge is -2.01. The zero-order valence-corrected chi connectivity index (χ0v) is 7.84. The first-order chi connectivity index (χ1) is 6.06. The van der Waals surface area contributed by atoms with Crippen LogP contribution in [0, 0.1) is 10.1 Å². The van der Waals surface area contributed by atoms with Gasteiger partial charge in [0.05, 0.1) is 4.92 Å². The van der Waals surface area contributed by atoms with Gasteiger partial charge in [-0.1, -0.05) is 23.2 Å². The van der Waals surface area contributed by atoms with Gasteiger partial charge in [-0.25, -0.2) is 4.98 Å². The van der Waals surface area contributed by atoms with Gasteiger partial charge in [0.15, 0.2) is 0 Å². The fourth-order valence-corrected chi connectivity index (χ4v) is 1.41. The summed E-state index contributed by atoms with van der Waals surface area (Å²) in [6, 6.07) is 1.32. The molecule has 0 aliphatic carbocycles. The standard InChI is InChI=1S/C6H5Cl2N3O2/c7-4-1-3(2-9)5(11(12)13)6(8)10-4/h1H,2,9H2. The topological polar surface area (TPSA) is 82.0 Å². The first-order valence-electron chi connectivity index (χ1n) is 3.25. The van der Waals surface area contributed by atoms with Gasteiger partial charge in [-0.05, 0) is 6.07 Å². The summed E-state index contributed by atoms with van der Waals surface area (Å²) in [5.41, 5.74) is 5.27. The summed E-state index contributed by atoms with van der Waals surface area (Å²) in [5.74, 6) is 0. The van der Waals surface area contributed by atoms with E-state index in [0.717, 1.165) is 0 Å². The molecule has 2 N–H and O–H groups in total. The summed E-state index contributed by atoms with van der Waals surface area (Å²) in [4.78, 5) is 13.4. The van der Waals surface area contributed by atoms with Crippen LogP contribution >= 0.6 is 23.2 Å². The summed E-state index contributed by atoms with van der Waals surface area (Å²) in [5, 5.41) is 10.4. The molecule has 0 fully saturated rings. The zero-order valence-electron chi connectivity index (χ0n) is 6.33. The van der Waals surface area contributed by atoms with Gasteiger partial charge >= 0.3 is 5.69 Å². The maximum Gasteiger partial charge on any atom is 0.311 e. The van der Waals surface area contributed by atoms with Crippen LogP contribution in [0.1, 0.15) is 5.56 Å². The molecule has 70 valence electrons. The van der Waals surface area contributed by atoms with Crippen LogP contribution in [0.25, 0.3) is 0 Å². The molecule has 0 saturated heterocycles. The van der Waals surface area contributed by atoms with E-state index in [4.69, 9.17) is 28.9 Å². The molecule has 0 aromatic carbocycles. The molecule has 0 aliphatic rings. The number of rotatable bonds is 2. The summed E-state index contributed by atoms with van der Waals surface area (Å²) in [7, 11) is 0. The molecule has 0 bridgehead atoms. The fraction of sp³-hybridized carbons (Fsp3) is 0.167. The van der Waals surface area contributed by atoms with Gasteiger partial charge in [-0.3, -0.25) is 10.1 Å². The molecular weight excluding hydrogens is 217 g/mol. The number of pyridine rings is 1. The maximum absolute atomic E-state index is 10.5. The summed E-state index contributed by atoms with van der Waals surface area (Å²) in [6.07, 6.45) is 0. The lowest BCUT2D eigenvalue weighted by molar-refractivity contribution is -0.385. The van der Waals surface area contributed by atoms with Crippen molar-refractivity contribution in [2.45, 2.75) is 6.54 Å². The highest BCUT2D eigenvalue weighted by Gasteiger charge is 2.19. The molecule has 1 aromatic rings. The van der Waals surface area contributed by atoms with Crippen molar-refractivity contribution in [3.8, 4) is 0 Å². The average molecular weight is 222 g/mol. The summed E-state index contributed by atoms with van der Waals surface area (Å²) < 4.78 is 0. The smallest absolute Gasteiger partial charge is 0.311 e. The number of nitro groups is 1. The van der Waals surface area contributed by atoms with E-state index < -0.39 is 4.92 Å². The first kappa shape index (κ1) is 10.2. The normalized spacial score (nSPS) is 10.1. The van der Waals surface area contributed by atoms with E-state index in [1.165, 1.54) is 6.07 Å². The van der Waals surface area contributed by atoms with Crippen molar-refractivity contribution in [2.24, 2.45) is 5.73 Å². The molecule has 1 heterocycles. The molecule has 0 saturated carbocycles. The minimum atomic E-state index is -0.631. The zero-order chi connectivity index (χ0) is 10.0. The second-order valence-electron chi connectivity index (χ2n) is 2.20. The number of hydrogen-bond donors (Lipinski definition) is 1. The van der Waals surface area contributed by atoms with E-state index in [-0.39, 0.29) is 28.1 Å². The van der Waals surface area contributed by atoms with Gasteiger partial charge in [-0.15, -0.1) is 0 Å². The average Bonchev–Trinajstić information content (AvgIpc) is 2.01. The Labute approximate surface area is 83.6 Å². The second kappa shape index (κ2) is 3.87. The third-order valence-electron chi connectivity index (χ3n) is 1.40. The number of nitrogens with two attached hydrogens (primary N) is 1. The number of hydrogen-bond acceptors (Lipinski definition) is 4. The van der Waals surface area contributed by atoms with Gasteiger partial charge in [0, 0.05) is 12.1 Å². The van der Waals surface area contributed by atoms with E-state index >= 15 is 0 Å².